The lowest BCUT2D eigenvalue weighted by atomic mass is 10.2. The predicted molar refractivity (Wildman–Crippen MR) is 51.8 cm³/mol. The van der Waals surface area contributed by atoms with Crippen LogP contribution in [0.5, 0.6) is 0 Å². The second kappa shape index (κ2) is 3.36. The number of rotatable bonds is 2. The predicted octanol–water partition coefficient (Wildman–Crippen LogP) is 2.73. The molecule has 0 saturated heterocycles. The highest BCUT2D eigenvalue weighted by Gasteiger charge is 2.12. The van der Waals surface area contributed by atoms with Gasteiger partial charge in [-0.15, -0.1) is 11.3 Å². The SMILES string of the molecule is Cc1ccc(C(O)c2ccoc2)s1. The molecule has 0 saturated carbocycles. The van der Waals surface area contributed by atoms with Gasteiger partial charge in [0.25, 0.3) is 0 Å². The molecular formula is C10H10O2S. The standard InChI is InChI=1S/C10H10O2S/c1-7-2-3-9(13-7)10(11)8-4-5-12-6-8/h2-6,10-11H,1H3. The molecule has 0 aliphatic carbocycles. The third-order valence-corrected chi connectivity index (χ3v) is 2.94. The van der Waals surface area contributed by atoms with E-state index in [1.807, 2.05) is 19.1 Å². The zero-order valence-corrected chi connectivity index (χ0v) is 8.04. The van der Waals surface area contributed by atoms with Gasteiger partial charge in [-0.1, -0.05) is 0 Å². The van der Waals surface area contributed by atoms with Crippen LogP contribution in [0.3, 0.4) is 0 Å². The summed E-state index contributed by atoms with van der Waals surface area (Å²) in [5.74, 6) is 0. The van der Waals surface area contributed by atoms with Crippen LogP contribution in [0.4, 0.5) is 0 Å². The van der Waals surface area contributed by atoms with Crippen molar-refractivity contribution in [2.24, 2.45) is 0 Å². The van der Waals surface area contributed by atoms with Crippen molar-refractivity contribution in [3.05, 3.63) is 46.0 Å². The number of thiophene rings is 1. The van der Waals surface area contributed by atoms with Gasteiger partial charge in [0.2, 0.25) is 0 Å². The molecule has 1 unspecified atom stereocenters. The molecule has 2 aromatic heterocycles. The fourth-order valence-corrected chi connectivity index (χ4v) is 2.09. The monoisotopic (exact) mass is 194 g/mol. The first-order valence-electron chi connectivity index (χ1n) is 4.04. The molecule has 3 heteroatoms. The molecular weight excluding hydrogens is 184 g/mol. The van der Waals surface area contributed by atoms with Crippen LogP contribution in [0, 0.1) is 6.92 Å². The summed E-state index contributed by atoms with van der Waals surface area (Å²) in [5.41, 5.74) is 0.807. The van der Waals surface area contributed by atoms with Gasteiger partial charge < -0.3 is 9.52 Å². The fraction of sp³-hybridized carbons (Fsp3) is 0.200. The average Bonchev–Trinajstić information content (AvgIpc) is 2.72. The molecule has 1 atom stereocenters. The van der Waals surface area contributed by atoms with Crippen molar-refractivity contribution in [1.82, 2.24) is 0 Å². The van der Waals surface area contributed by atoms with Gasteiger partial charge in [-0.05, 0) is 25.1 Å². The van der Waals surface area contributed by atoms with E-state index in [1.165, 1.54) is 4.88 Å². The largest absolute Gasteiger partial charge is 0.472 e. The molecule has 13 heavy (non-hydrogen) atoms. The second-order valence-electron chi connectivity index (χ2n) is 2.91. The van der Waals surface area contributed by atoms with Crippen LogP contribution >= 0.6 is 11.3 Å². The van der Waals surface area contributed by atoms with E-state index in [9.17, 15) is 5.11 Å². The van der Waals surface area contributed by atoms with Crippen molar-refractivity contribution in [3.63, 3.8) is 0 Å². The highest BCUT2D eigenvalue weighted by Crippen LogP contribution is 2.27. The summed E-state index contributed by atoms with van der Waals surface area (Å²) >= 11 is 1.60. The van der Waals surface area contributed by atoms with E-state index in [0.29, 0.717) is 0 Å². The Balaban J connectivity index is 2.28. The first-order valence-corrected chi connectivity index (χ1v) is 4.85. The highest BCUT2D eigenvalue weighted by atomic mass is 32.1. The van der Waals surface area contributed by atoms with Crippen molar-refractivity contribution in [3.8, 4) is 0 Å². The maximum absolute atomic E-state index is 9.84. The number of furan rings is 1. The molecule has 0 radical (unpaired) electrons. The third-order valence-electron chi connectivity index (χ3n) is 1.89. The summed E-state index contributed by atoms with van der Waals surface area (Å²) < 4.78 is 4.91. The van der Waals surface area contributed by atoms with Crippen LogP contribution in [0.25, 0.3) is 0 Å². The van der Waals surface area contributed by atoms with E-state index in [0.717, 1.165) is 10.4 Å². The molecule has 2 aromatic rings. The van der Waals surface area contributed by atoms with Crippen LogP contribution in [-0.2, 0) is 0 Å². The molecule has 1 N–H and O–H groups in total. The van der Waals surface area contributed by atoms with E-state index in [2.05, 4.69) is 0 Å². The molecule has 0 aliphatic rings. The summed E-state index contributed by atoms with van der Waals surface area (Å²) in [6.45, 7) is 2.02. The van der Waals surface area contributed by atoms with Crippen LogP contribution in [-0.4, -0.2) is 5.11 Å². The summed E-state index contributed by atoms with van der Waals surface area (Å²) in [6.07, 6.45) is 2.59. The zero-order chi connectivity index (χ0) is 9.26. The molecule has 68 valence electrons. The molecule has 2 nitrogen and oxygen atoms in total. The van der Waals surface area contributed by atoms with Gasteiger partial charge in [0.05, 0.1) is 12.5 Å². The third kappa shape index (κ3) is 1.66. The van der Waals surface area contributed by atoms with Gasteiger partial charge in [-0.3, -0.25) is 0 Å². The Morgan fingerprint density at radius 1 is 1.38 bits per heavy atom. The Hall–Kier alpha value is -1.06. The van der Waals surface area contributed by atoms with E-state index in [4.69, 9.17) is 4.42 Å². The maximum atomic E-state index is 9.84. The number of aryl methyl sites for hydroxylation is 1. The van der Waals surface area contributed by atoms with E-state index >= 15 is 0 Å². The van der Waals surface area contributed by atoms with Crippen LogP contribution in [0.1, 0.15) is 21.4 Å². The summed E-state index contributed by atoms with van der Waals surface area (Å²) in [6, 6.07) is 5.72. The number of hydrogen-bond acceptors (Lipinski definition) is 3. The van der Waals surface area contributed by atoms with Crippen molar-refractivity contribution < 1.29 is 9.52 Å². The topological polar surface area (TPSA) is 33.4 Å². The van der Waals surface area contributed by atoms with Crippen LogP contribution in [0.15, 0.2) is 35.1 Å². The molecule has 0 fully saturated rings. The van der Waals surface area contributed by atoms with Crippen molar-refractivity contribution in [2.45, 2.75) is 13.0 Å². The smallest absolute Gasteiger partial charge is 0.116 e. The molecule has 2 rings (SSSR count). The summed E-state index contributed by atoms with van der Waals surface area (Å²) in [7, 11) is 0. The van der Waals surface area contributed by atoms with Crippen LogP contribution < -0.4 is 0 Å². The quantitative estimate of drug-likeness (QED) is 0.797. The van der Waals surface area contributed by atoms with Crippen molar-refractivity contribution in [1.29, 1.82) is 0 Å². The molecule has 0 amide bonds. The number of aliphatic hydroxyl groups excluding tert-OH is 1. The summed E-state index contributed by atoms with van der Waals surface area (Å²) in [5, 5.41) is 9.84. The van der Waals surface area contributed by atoms with Crippen molar-refractivity contribution >= 4 is 11.3 Å². The summed E-state index contributed by atoms with van der Waals surface area (Å²) in [4.78, 5) is 2.16. The van der Waals surface area contributed by atoms with Gasteiger partial charge in [0, 0.05) is 15.3 Å². The lowest BCUT2D eigenvalue weighted by Gasteiger charge is -2.03. The van der Waals surface area contributed by atoms with Gasteiger partial charge in [0.15, 0.2) is 0 Å². The minimum atomic E-state index is -0.544. The number of hydrogen-bond donors (Lipinski definition) is 1. The molecule has 0 spiro atoms. The van der Waals surface area contributed by atoms with Gasteiger partial charge in [-0.2, -0.15) is 0 Å². The van der Waals surface area contributed by atoms with Gasteiger partial charge in [0.1, 0.15) is 6.10 Å². The molecule has 0 aliphatic heterocycles. The highest BCUT2D eigenvalue weighted by molar-refractivity contribution is 7.12. The second-order valence-corrected chi connectivity index (χ2v) is 4.23. The Morgan fingerprint density at radius 2 is 2.23 bits per heavy atom. The lowest BCUT2D eigenvalue weighted by Crippen LogP contribution is -1.93. The van der Waals surface area contributed by atoms with E-state index in [-0.39, 0.29) is 0 Å². The molecule has 0 aromatic carbocycles. The minimum Gasteiger partial charge on any atom is -0.472 e. The molecule has 2 heterocycles. The van der Waals surface area contributed by atoms with Gasteiger partial charge >= 0.3 is 0 Å². The average molecular weight is 194 g/mol. The Labute approximate surface area is 80.4 Å². The Kier molecular flexibility index (Phi) is 2.20. The molecule has 0 bridgehead atoms. The van der Waals surface area contributed by atoms with Crippen molar-refractivity contribution in [2.75, 3.05) is 0 Å². The number of aliphatic hydroxyl groups is 1. The first kappa shape index (κ1) is 8.53. The fourth-order valence-electron chi connectivity index (χ4n) is 1.20. The Bertz CT molecular complexity index is 375. The normalized spacial score (nSPS) is 13.1. The van der Waals surface area contributed by atoms with Gasteiger partial charge in [-0.25, -0.2) is 0 Å². The maximum Gasteiger partial charge on any atom is 0.116 e. The van der Waals surface area contributed by atoms with E-state index < -0.39 is 6.10 Å². The minimum absolute atomic E-state index is 0.544. The first-order chi connectivity index (χ1) is 6.27. The van der Waals surface area contributed by atoms with E-state index in [1.54, 1.807) is 29.9 Å². The Morgan fingerprint density at radius 3 is 2.77 bits per heavy atom. The van der Waals surface area contributed by atoms with Crippen LogP contribution in [0.2, 0.25) is 0 Å². The zero-order valence-electron chi connectivity index (χ0n) is 7.23. The lowest BCUT2D eigenvalue weighted by molar-refractivity contribution is 0.223.